The predicted octanol–water partition coefficient (Wildman–Crippen LogP) is 3.11. The van der Waals surface area contributed by atoms with E-state index in [1.165, 1.54) is 0 Å². The average molecular weight is 369 g/mol. The van der Waals surface area contributed by atoms with Crippen molar-refractivity contribution >= 4 is 20.2 Å². The third-order valence-electron chi connectivity index (χ3n) is 6.29. The maximum atomic E-state index is 12.3. The normalized spacial score (nSPS) is 24.9. The summed E-state index contributed by atoms with van der Waals surface area (Å²) >= 11 is 0. The van der Waals surface area contributed by atoms with E-state index in [4.69, 9.17) is 0 Å². The topological polar surface area (TPSA) is 109 Å². The van der Waals surface area contributed by atoms with Crippen molar-refractivity contribution in [2.45, 2.75) is 69.3 Å². The van der Waals surface area contributed by atoms with Crippen molar-refractivity contribution in [1.29, 1.82) is 0 Å². The second-order valence-electron chi connectivity index (χ2n) is 7.34. The van der Waals surface area contributed by atoms with Gasteiger partial charge in [-0.05, 0) is 23.7 Å². The smallest absolute Gasteiger partial charge is 0.284 e. The van der Waals surface area contributed by atoms with Crippen LogP contribution in [0, 0.1) is 23.7 Å². The van der Waals surface area contributed by atoms with Gasteiger partial charge in [0.2, 0.25) is 4.08 Å². The van der Waals surface area contributed by atoms with Gasteiger partial charge in [0.1, 0.15) is 0 Å². The van der Waals surface area contributed by atoms with E-state index in [-0.39, 0.29) is 11.8 Å². The van der Waals surface area contributed by atoms with Crippen LogP contribution in [0.2, 0.25) is 0 Å². The lowest BCUT2D eigenvalue weighted by atomic mass is 9.78. The van der Waals surface area contributed by atoms with Crippen molar-refractivity contribution in [1.82, 2.24) is 0 Å². The van der Waals surface area contributed by atoms with E-state index in [2.05, 4.69) is 0 Å². The highest BCUT2D eigenvalue weighted by Crippen LogP contribution is 2.51. The van der Waals surface area contributed by atoms with Crippen LogP contribution in [0.3, 0.4) is 0 Å². The van der Waals surface area contributed by atoms with Gasteiger partial charge in [-0.3, -0.25) is 9.11 Å². The molecule has 0 bridgehead atoms. The summed E-state index contributed by atoms with van der Waals surface area (Å²) < 4.78 is 66.6. The van der Waals surface area contributed by atoms with Gasteiger partial charge in [-0.15, -0.1) is 0 Å². The molecule has 136 valence electrons. The van der Waals surface area contributed by atoms with Crippen molar-refractivity contribution in [3.63, 3.8) is 0 Å². The number of hydrogen-bond donors (Lipinski definition) is 2. The standard InChI is InChI=1S/C15H28O6S2/c1-11(13-7-3-4-8-13)15(22(16,17)18,23(19,20)21)12(2)14-9-5-6-10-14/h11-14H,3-10H2,1-2H3,(H,16,17,18)(H,19,20,21). The molecule has 2 fully saturated rings. The molecular formula is C15H28O6S2. The molecule has 0 aromatic rings. The number of hydrogen-bond acceptors (Lipinski definition) is 4. The Balaban J connectivity index is 2.59. The van der Waals surface area contributed by atoms with E-state index in [0.29, 0.717) is 0 Å². The van der Waals surface area contributed by atoms with Crippen molar-refractivity contribution in [3.8, 4) is 0 Å². The summed E-state index contributed by atoms with van der Waals surface area (Å²) in [5, 5.41) is 0. The van der Waals surface area contributed by atoms with Gasteiger partial charge in [0.05, 0.1) is 0 Å². The van der Waals surface area contributed by atoms with Crippen molar-refractivity contribution < 1.29 is 25.9 Å². The lowest BCUT2D eigenvalue weighted by Gasteiger charge is -2.42. The fourth-order valence-electron chi connectivity index (χ4n) is 5.06. The Kier molecular flexibility index (Phi) is 5.51. The summed E-state index contributed by atoms with van der Waals surface area (Å²) in [4.78, 5) is 0. The minimum absolute atomic E-state index is 0.122. The highest BCUT2D eigenvalue weighted by molar-refractivity contribution is 8.05. The Morgan fingerprint density at radius 1 is 0.739 bits per heavy atom. The van der Waals surface area contributed by atoms with Crippen LogP contribution >= 0.6 is 0 Å². The molecule has 8 heteroatoms. The third kappa shape index (κ3) is 3.19. The van der Waals surface area contributed by atoms with Crippen LogP contribution < -0.4 is 0 Å². The monoisotopic (exact) mass is 368 g/mol. The molecule has 0 aromatic carbocycles. The maximum absolute atomic E-state index is 12.3. The highest BCUT2D eigenvalue weighted by Gasteiger charge is 2.64. The van der Waals surface area contributed by atoms with E-state index < -0.39 is 36.2 Å². The first-order valence-electron chi connectivity index (χ1n) is 8.47. The molecule has 0 spiro atoms. The summed E-state index contributed by atoms with van der Waals surface area (Å²) in [6, 6.07) is 0. The molecule has 0 saturated heterocycles. The summed E-state index contributed by atoms with van der Waals surface area (Å²) in [5.41, 5.74) is 0. The Morgan fingerprint density at radius 2 is 1.00 bits per heavy atom. The second-order valence-corrected chi connectivity index (χ2v) is 10.8. The molecule has 2 rings (SSSR count). The van der Waals surface area contributed by atoms with Crippen LogP contribution in [0.1, 0.15) is 65.2 Å². The lowest BCUT2D eigenvalue weighted by molar-refractivity contribution is 0.199. The van der Waals surface area contributed by atoms with Gasteiger partial charge in [-0.25, -0.2) is 0 Å². The molecule has 2 aliphatic rings. The van der Waals surface area contributed by atoms with Gasteiger partial charge >= 0.3 is 0 Å². The molecule has 2 atom stereocenters. The molecule has 2 aliphatic carbocycles. The van der Waals surface area contributed by atoms with Crippen molar-refractivity contribution in [2.24, 2.45) is 23.7 Å². The second kappa shape index (κ2) is 6.61. The molecule has 2 unspecified atom stereocenters. The van der Waals surface area contributed by atoms with Crippen LogP contribution in [0.5, 0.6) is 0 Å². The Morgan fingerprint density at radius 3 is 1.22 bits per heavy atom. The van der Waals surface area contributed by atoms with Crippen LogP contribution in [0.25, 0.3) is 0 Å². The first-order chi connectivity index (χ1) is 10.5. The molecule has 23 heavy (non-hydrogen) atoms. The number of rotatable bonds is 6. The first kappa shape index (κ1) is 19.1. The zero-order valence-corrected chi connectivity index (χ0v) is 15.4. The van der Waals surface area contributed by atoms with E-state index in [0.717, 1.165) is 51.4 Å². The minimum Gasteiger partial charge on any atom is -0.284 e. The molecule has 2 N–H and O–H groups in total. The van der Waals surface area contributed by atoms with Crippen molar-refractivity contribution in [2.75, 3.05) is 0 Å². The quantitative estimate of drug-likeness (QED) is 0.697. The summed E-state index contributed by atoms with van der Waals surface area (Å²) in [7, 11) is -9.99. The van der Waals surface area contributed by atoms with E-state index >= 15 is 0 Å². The van der Waals surface area contributed by atoms with Gasteiger partial charge in [-0.1, -0.05) is 65.2 Å². The molecule has 0 amide bonds. The molecule has 0 aliphatic heterocycles. The van der Waals surface area contributed by atoms with Crippen LogP contribution in [0.15, 0.2) is 0 Å². The SMILES string of the molecule is CC(C1CCCC1)C(C(C)C1CCCC1)(S(=O)(=O)O)S(=O)(=O)O. The highest BCUT2D eigenvalue weighted by atomic mass is 32.3. The zero-order chi connectivity index (χ0) is 17.5. The average Bonchev–Trinajstić information content (AvgIpc) is 3.09. The van der Waals surface area contributed by atoms with Gasteiger partial charge in [0, 0.05) is 0 Å². The molecule has 0 radical (unpaired) electrons. The summed E-state index contributed by atoms with van der Waals surface area (Å²) in [5.74, 6) is -1.93. The molecule has 6 nitrogen and oxygen atoms in total. The molecule has 0 heterocycles. The fraction of sp³-hybridized carbons (Fsp3) is 1.00. The predicted molar refractivity (Wildman–Crippen MR) is 88.1 cm³/mol. The van der Waals surface area contributed by atoms with Crippen LogP contribution in [-0.2, 0) is 20.2 Å². The fourth-order valence-corrected chi connectivity index (χ4v) is 8.77. The largest absolute Gasteiger partial charge is 0.288 e. The van der Waals surface area contributed by atoms with E-state index in [1.807, 2.05) is 0 Å². The van der Waals surface area contributed by atoms with Crippen LogP contribution in [0.4, 0.5) is 0 Å². The zero-order valence-electron chi connectivity index (χ0n) is 13.8. The molecule has 2 saturated carbocycles. The molecule has 0 aromatic heterocycles. The summed E-state index contributed by atoms with van der Waals surface area (Å²) in [6.45, 7) is 3.12. The van der Waals surface area contributed by atoms with Gasteiger partial charge in [0.15, 0.2) is 0 Å². The Bertz CT molecular complexity index is 556. The minimum atomic E-state index is -5.00. The maximum Gasteiger partial charge on any atom is 0.288 e. The van der Waals surface area contributed by atoms with E-state index in [9.17, 15) is 25.9 Å². The Hall–Kier alpha value is -0.180. The third-order valence-corrected chi connectivity index (χ3v) is 10.7. The van der Waals surface area contributed by atoms with Crippen molar-refractivity contribution in [3.05, 3.63) is 0 Å². The van der Waals surface area contributed by atoms with Gasteiger partial charge in [-0.2, -0.15) is 16.8 Å². The van der Waals surface area contributed by atoms with Gasteiger partial charge < -0.3 is 0 Å². The molecular weight excluding hydrogens is 340 g/mol. The van der Waals surface area contributed by atoms with Crippen LogP contribution in [-0.4, -0.2) is 30.0 Å². The summed E-state index contributed by atoms with van der Waals surface area (Å²) in [6.07, 6.45) is 6.58. The lowest BCUT2D eigenvalue weighted by Crippen LogP contribution is -2.58. The Labute approximate surface area is 139 Å². The first-order valence-corrected chi connectivity index (χ1v) is 11.4. The van der Waals surface area contributed by atoms with Gasteiger partial charge in [0.25, 0.3) is 20.2 Å². The van der Waals surface area contributed by atoms with E-state index in [1.54, 1.807) is 13.8 Å².